The third-order valence-corrected chi connectivity index (χ3v) is 3.73. The van der Waals surface area contributed by atoms with E-state index in [2.05, 4.69) is 11.4 Å². The highest BCUT2D eigenvalue weighted by molar-refractivity contribution is 5.95. The van der Waals surface area contributed by atoms with Crippen LogP contribution in [0.5, 0.6) is 0 Å². The second kappa shape index (κ2) is 5.76. The van der Waals surface area contributed by atoms with Crippen molar-refractivity contribution in [3.8, 4) is 6.07 Å². The average molecular weight is 296 g/mol. The van der Waals surface area contributed by atoms with E-state index in [-0.39, 0.29) is 5.56 Å². The second-order valence-electron chi connectivity index (χ2n) is 5.29. The van der Waals surface area contributed by atoms with Gasteiger partial charge in [-0.25, -0.2) is 0 Å². The number of benzene rings is 1. The van der Waals surface area contributed by atoms with Crippen LogP contribution in [-0.4, -0.2) is 11.4 Å². The SMILES string of the molecule is N#CC1(NC(=O)c2cccc(C(F)(F)F)c2)CCCCC1. The number of hydrogen-bond acceptors (Lipinski definition) is 2. The van der Waals surface area contributed by atoms with Crippen molar-refractivity contribution >= 4 is 5.91 Å². The van der Waals surface area contributed by atoms with Crippen LogP contribution in [0.2, 0.25) is 0 Å². The molecule has 0 bridgehead atoms. The molecule has 0 radical (unpaired) electrons. The Bertz CT molecular complexity index is 569. The number of amides is 1. The summed E-state index contributed by atoms with van der Waals surface area (Å²) < 4.78 is 37.9. The summed E-state index contributed by atoms with van der Waals surface area (Å²) in [6, 6.07) is 6.34. The molecule has 1 saturated carbocycles. The van der Waals surface area contributed by atoms with E-state index >= 15 is 0 Å². The lowest BCUT2D eigenvalue weighted by Crippen LogP contribution is -2.48. The summed E-state index contributed by atoms with van der Waals surface area (Å²) in [6.07, 6.45) is -0.758. The molecule has 1 amide bonds. The number of carbonyl (C=O) groups is 1. The summed E-state index contributed by atoms with van der Waals surface area (Å²) in [5, 5.41) is 11.9. The molecule has 3 nitrogen and oxygen atoms in total. The lowest BCUT2D eigenvalue weighted by atomic mass is 9.82. The number of nitrogens with one attached hydrogen (secondary N) is 1. The van der Waals surface area contributed by atoms with Crippen molar-refractivity contribution in [2.75, 3.05) is 0 Å². The number of halogens is 3. The monoisotopic (exact) mass is 296 g/mol. The first-order valence-electron chi connectivity index (χ1n) is 6.77. The maximum Gasteiger partial charge on any atom is 0.416 e. The molecular weight excluding hydrogens is 281 g/mol. The smallest absolute Gasteiger partial charge is 0.334 e. The molecule has 0 aliphatic heterocycles. The van der Waals surface area contributed by atoms with Crippen LogP contribution in [-0.2, 0) is 6.18 Å². The van der Waals surface area contributed by atoms with Crippen molar-refractivity contribution in [1.29, 1.82) is 5.26 Å². The molecule has 0 unspecified atom stereocenters. The van der Waals surface area contributed by atoms with Gasteiger partial charge in [0.1, 0.15) is 5.54 Å². The van der Waals surface area contributed by atoms with Gasteiger partial charge in [-0.15, -0.1) is 0 Å². The Hall–Kier alpha value is -2.03. The molecule has 0 atom stereocenters. The summed E-state index contributed by atoms with van der Waals surface area (Å²) in [5.74, 6) is -0.635. The van der Waals surface area contributed by atoms with Crippen LogP contribution in [0.1, 0.15) is 48.0 Å². The van der Waals surface area contributed by atoms with Gasteiger partial charge in [0.05, 0.1) is 11.6 Å². The van der Waals surface area contributed by atoms with E-state index in [1.165, 1.54) is 12.1 Å². The molecule has 0 aromatic heterocycles. The first-order valence-corrected chi connectivity index (χ1v) is 6.77. The topological polar surface area (TPSA) is 52.9 Å². The zero-order chi connectivity index (χ0) is 15.5. The fraction of sp³-hybridized carbons (Fsp3) is 0.467. The summed E-state index contributed by atoms with van der Waals surface area (Å²) in [6.45, 7) is 0. The molecule has 0 spiro atoms. The van der Waals surface area contributed by atoms with Crippen LogP contribution in [0.15, 0.2) is 24.3 Å². The number of carbonyl (C=O) groups excluding carboxylic acids is 1. The van der Waals surface area contributed by atoms with Crippen molar-refractivity contribution in [2.45, 2.75) is 43.8 Å². The normalized spacial score (nSPS) is 17.8. The van der Waals surface area contributed by atoms with Crippen LogP contribution >= 0.6 is 0 Å². The molecule has 1 N–H and O–H groups in total. The summed E-state index contributed by atoms with van der Waals surface area (Å²) in [5.41, 5.74) is -1.90. The maximum absolute atomic E-state index is 12.6. The van der Waals surface area contributed by atoms with Crippen LogP contribution in [0, 0.1) is 11.3 Å². The van der Waals surface area contributed by atoms with Gasteiger partial charge in [-0.3, -0.25) is 4.79 Å². The highest BCUT2D eigenvalue weighted by Gasteiger charge is 2.35. The predicted octanol–water partition coefficient (Wildman–Crippen LogP) is 3.66. The summed E-state index contributed by atoms with van der Waals surface area (Å²) >= 11 is 0. The fourth-order valence-electron chi connectivity index (χ4n) is 2.55. The number of nitriles is 1. The van der Waals surface area contributed by atoms with Gasteiger partial charge in [0, 0.05) is 5.56 Å². The highest BCUT2D eigenvalue weighted by Crippen LogP contribution is 2.30. The third kappa shape index (κ3) is 3.54. The van der Waals surface area contributed by atoms with Gasteiger partial charge in [0.2, 0.25) is 0 Å². The Morgan fingerprint density at radius 2 is 1.90 bits per heavy atom. The molecule has 1 aromatic carbocycles. The van der Waals surface area contributed by atoms with Crippen molar-refractivity contribution in [3.63, 3.8) is 0 Å². The van der Waals surface area contributed by atoms with Crippen LogP contribution in [0.3, 0.4) is 0 Å². The zero-order valence-corrected chi connectivity index (χ0v) is 11.3. The minimum atomic E-state index is -4.49. The standard InChI is InChI=1S/C15H15F3N2O/c16-15(17,18)12-6-4-5-11(9-12)13(21)20-14(10-19)7-2-1-3-8-14/h4-6,9H,1-3,7-8H2,(H,20,21). The number of nitrogens with zero attached hydrogens (tertiary/aromatic N) is 1. The molecule has 0 saturated heterocycles. The Morgan fingerprint density at radius 1 is 1.24 bits per heavy atom. The Labute approximate surface area is 120 Å². The van der Waals surface area contributed by atoms with Crippen molar-refractivity contribution in [1.82, 2.24) is 5.32 Å². The van der Waals surface area contributed by atoms with E-state index in [1.807, 2.05) is 0 Å². The van der Waals surface area contributed by atoms with E-state index in [1.54, 1.807) is 0 Å². The number of alkyl halides is 3. The van der Waals surface area contributed by atoms with Gasteiger partial charge in [-0.2, -0.15) is 18.4 Å². The van der Waals surface area contributed by atoms with E-state index in [0.717, 1.165) is 31.4 Å². The van der Waals surface area contributed by atoms with E-state index < -0.39 is 23.2 Å². The number of rotatable bonds is 2. The predicted molar refractivity (Wildman–Crippen MR) is 70.3 cm³/mol. The minimum absolute atomic E-state index is 0.0787. The average Bonchev–Trinajstić information content (AvgIpc) is 2.47. The first kappa shape index (κ1) is 15.4. The summed E-state index contributed by atoms with van der Waals surface area (Å²) in [7, 11) is 0. The van der Waals surface area contributed by atoms with Gasteiger partial charge in [-0.1, -0.05) is 25.3 Å². The van der Waals surface area contributed by atoms with Gasteiger partial charge in [0.15, 0.2) is 0 Å². The molecule has 0 heterocycles. The van der Waals surface area contributed by atoms with Crippen molar-refractivity contribution in [3.05, 3.63) is 35.4 Å². The molecule has 21 heavy (non-hydrogen) atoms. The Kier molecular flexibility index (Phi) is 4.21. The maximum atomic E-state index is 12.6. The Morgan fingerprint density at radius 3 is 2.48 bits per heavy atom. The lowest BCUT2D eigenvalue weighted by Gasteiger charge is -2.31. The second-order valence-corrected chi connectivity index (χ2v) is 5.29. The molecule has 1 aromatic rings. The lowest BCUT2D eigenvalue weighted by molar-refractivity contribution is -0.137. The van der Waals surface area contributed by atoms with Gasteiger partial charge < -0.3 is 5.32 Å². The molecule has 112 valence electrons. The minimum Gasteiger partial charge on any atom is -0.334 e. The quantitative estimate of drug-likeness (QED) is 0.905. The zero-order valence-electron chi connectivity index (χ0n) is 11.3. The van der Waals surface area contributed by atoms with Gasteiger partial charge >= 0.3 is 6.18 Å². The first-order chi connectivity index (χ1) is 9.86. The van der Waals surface area contributed by atoms with Crippen LogP contribution < -0.4 is 5.32 Å². The third-order valence-electron chi connectivity index (χ3n) is 3.73. The fourth-order valence-corrected chi connectivity index (χ4v) is 2.55. The van der Waals surface area contributed by atoms with Gasteiger partial charge in [-0.05, 0) is 31.0 Å². The molecule has 1 aliphatic rings. The van der Waals surface area contributed by atoms with E-state index in [0.29, 0.717) is 12.8 Å². The van der Waals surface area contributed by atoms with Crippen molar-refractivity contribution in [2.24, 2.45) is 0 Å². The molecule has 1 fully saturated rings. The molecular formula is C15H15F3N2O. The Balaban J connectivity index is 2.19. The van der Waals surface area contributed by atoms with Crippen LogP contribution in [0.4, 0.5) is 13.2 Å². The van der Waals surface area contributed by atoms with Crippen molar-refractivity contribution < 1.29 is 18.0 Å². The molecule has 6 heteroatoms. The number of hydrogen-bond donors (Lipinski definition) is 1. The molecule has 2 rings (SSSR count). The van der Waals surface area contributed by atoms with E-state index in [9.17, 15) is 23.2 Å². The largest absolute Gasteiger partial charge is 0.416 e. The van der Waals surface area contributed by atoms with E-state index in [4.69, 9.17) is 0 Å². The molecule has 1 aliphatic carbocycles. The van der Waals surface area contributed by atoms with Gasteiger partial charge in [0.25, 0.3) is 5.91 Å². The van der Waals surface area contributed by atoms with Crippen LogP contribution in [0.25, 0.3) is 0 Å². The summed E-state index contributed by atoms with van der Waals surface area (Å²) in [4.78, 5) is 12.1. The highest BCUT2D eigenvalue weighted by atomic mass is 19.4.